The van der Waals surface area contributed by atoms with Crippen molar-refractivity contribution in [3.8, 4) is 11.5 Å². The Morgan fingerprint density at radius 2 is 1.36 bits per heavy atom. The molecule has 0 spiro atoms. The molecule has 2 aromatic rings. The predicted octanol–water partition coefficient (Wildman–Crippen LogP) is 2.66. The molecular weight excluding hydrogens is 316 g/mol. The Morgan fingerprint density at radius 3 is 1.88 bits per heavy atom. The molecule has 1 heterocycles. The number of nitrogens with zero attached hydrogens (tertiary/aromatic N) is 2. The SMILES string of the molecule is COc1ccc(CN2CCN(C(=O)c3ccc(OC)cc3)CC2)cc1. The van der Waals surface area contributed by atoms with Crippen LogP contribution >= 0.6 is 0 Å². The zero-order valence-electron chi connectivity index (χ0n) is 14.8. The van der Waals surface area contributed by atoms with E-state index in [2.05, 4.69) is 17.0 Å². The number of carbonyl (C=O) groups excluding carboxylic acids is 1. The highest BCUT2D eigenvalue weighted by Crippen LogP contribution is 2.16. The van der Waals surface area contributed by atoms with Gasteiger partial charge >= 0.3 is 0 Å². The Labute approximate surface area is 148 Å². The van der Waals surface area contributed by atoms with Crippen molar-refractivity contribution in [1.82, 2.24) is 9.80 Å². The normalized spacial score (nSPS) is 15.0. The second-order valence-electron chi connectivity index (χ2n) is 6.14. The number of rotatable bonds is 5. The summed E-state index contributed by atoms with van der Waals surface area (Å²) in [5.74, 6) is 1.73. The summed E-state index contributed by atoms with van der Waals surface area (Å²) in [4.78, 5) is 16.9. The lowest BCUT2D eigenvalue weighted by molar-refractivity contribution is 0.0628. The molecule has 0 bridgehead atoms. The van der Waals surface area contributed by atoms with E-state index >= 15 is 0 Å². The zero-order chi connectivity index (χ0) is 17.6. The van der Waals surface area contributed by atoms with E-state index in [-0.39, 0.29) is 5.91 Å². The monoisotopic (exact) mass is 340 g/mol. The van der Waals surface area contributed by atoms with Crippen LogP contribution in [-0.2, 0) is 6.54 Å². The summed E-state index contributed by atoms with van der Waals surface area (Å²) in [6.45, 7) is 4.17. The first-order valence-electron chi connectivity index (χ1n) is 8.48. The summed E-state index contributed by atoms with van der Waals surface area (Å²) in [5, 5.41) is 0. The van der Waals surface area contributed by atoms with E-state index in [1.54, 1.807) is 14.2 Å². The smallest absolute Gasteiger partial charge is 0.253 e. The molecule has 2 aromatic carbocycles. The van der Waals surface area contributed by atoms with Crippen molar-refractivity contribution in [3.63, 3.8) is 0 Å². The third kappa shape index (κ3) is 4.31. The first-order chi connectivity index (χ1) is 12.2. The second-order valence-corrected chi connectivity index (χ2v) is 6.14. The molecule has 0 radical (unpaired) electrons. The van der Waals surface area contributed by atoms with E-state index in [0.29, 0.717) is 5.56 Å². The molecule has 1 saturated heterocycles. The predicted molar refractivity (Wildman–Crippen MR) is 97.2 cm³/mol. The van der Waals surface area contributed by atoms with Crippen molar-refractivity contribution in [2.45, 2.75) is 6.54 Å². The van der Waals surface area contributed by atoms with Gasteiger partial charge < -0.3 is 14.4 Å². The maximum atomic E-state index is 12.6. The molecule has 132 valence electrons. The average molecular weight is 340 g/mol. The van der Waals surface area contributed by atoms with Gasteiger partial charge in [0.15, 0.2) is 0 Å². The molecule has 1 aliphatic rings. The third-order valence-electron chi connectivity index (χ3n) is 4.56. The largest absolute Gasteiger partial charge is 0.497 e. The molecule has 0 saturated carbocycles. The minimum Gasteiger partial charge on any atom is -0.497 e. The van der Waals surface area contributed by atoms with Crippen molar-refractivity contribution in [2.24, 2.45) is 0 Å². The lowest BCUT2D eigenvalue weighted by atomic mass is 10.1. The molecule has 0 atom stereocenters. The van der Waals surface area contributed by atoms with E-state index in [9.17, 15) is 4.79 Å². The first kappa shape index (κ1) is 17.3. The summed E-state index contributed by atoms with van der Waals surface area (Å²) in [5.41, 5.74) is 1.97. The maximum absolute atomic E-state index is 12.6. The van der Waals surface area contributed by atoms with Gasteiger partial charge in [-0.15, -0.1) is 0 Å². The molecule has 1 amide bonds. The van der Waals surface area contributed by atoms with Crippen molar-refractivity contribution in [1.29, 1.82) is 0 Å². The number of methoxy groups -OCH3 is 2. The van der Waals surface area contributed by atoms with Gasteiger partial charge in [-0.3, -0.25) is 9.69 Å². The van der Waals surface area contributed by atoms with Gasteiger partial charge in [0.05, 0.1) is 14.2 Å². The standard InChI is InChI=1S/C20H24N2O3/c1-24-18-7-3-16(4-8-18)15-21-11-13-22(14-12-21)20(23)17-5-9-19(25-2)10-6-17/h3-10H,11-15H2,1-2H3. The topological polar surface area (TPSA) is 42.0 Å². The van der Waals surface area contributed by atoms with Gasteiger partial charge in [0.1, 0.15) is 11.5 Å². The fraction of sp³-hybridized carbons (Fsp3) is 0.350. The molecule has 0 aliphatic carbocycles. The van der Waals surface area contributed by atoms with Crippen LogP contribution in [0.5, 0.6) is 11.5 Å². The van der Waals surface area contributed by atoms with Crippen LogP contribution in [-0.4, -0.2) is 56.1 Å². The molecule has 3 rings (SSSR count). The number of hydrogen-bond acceptors (Lipinski definition) is 4. The highest BCUT2D eigenvalue weighted by molar-refractivity contribution is 5.94. The molecule has 1 fully saturated rings. The van der Waals surface area contributed by atoms with Crippen molar-refractivity contribution < 1.29 is 14.3 Å². The minimum atomic E-state index is 0.0896. The summed E-state index contributed by atoms with van der Waals surface area (Å²) < 4.78 is 10.3. The molecule has 0 N–H and O–H groups in total. The van der Waals surface area contributed by atoms with Crippen LogP contribution in [0.25, 0.3) is 0 Å². The molecule has 0 aromatic heterocycles. The fourth-order valence-corrected chi connectivity index (χ4v) is 3.01. The minimum absolute atomic E-state index is 0.0896. The number of hydrogen-bond donors (Lipinski definition) is 0. The van der Waals surface area contributed by atoms with Gasteiger partial charge in [-0.2, -0.15) is 0 Å². The van der Waals surface area contributed by atoms with Crippen molar-refractivity contribution >= 4 is 5.91 Å². The van der Waals surface area contributed by atoms with Gasteiger partial charge in [0.25, 0.3) is 5.91 Å². The van der Waals surface area contributed by atoms with E-state index < -0.39 is 0 Å². The van der Waals surface area contributed by atoms with E-state index in [1.165, 1.54) is 5.56 Å². The highest BCUT2D eigenvalue weighted by atomic mass is 16.5. The molecule has 5 heteroatoms. The number of amides is 1. The summed E-state index contributed by atoms with van der Waals surface area (Å²) in [6, 6.07) is 15.5. The highest BCUT2D eigenvalue weighted by Gasteiger charge is 2.22. The Kier molecular flexibility index (Phi) is 5.56. The summed E-state index contributed by atoms with van der Waals surface area (Å²) in [6.07, 6.45) is 0. The Morgan fingerprint density at radius 1 is 0.840 bits per heavy atom. The lowest BCUT2D eigenvalue weighted by Gasteiger charge is -2.34. The van der Waals surface area contributed by atoms with Crippen LogP contribution in [0.2, 0.25) is 0 Å². The second kappa shape index (κ2) is 8.03. The summed E-state index contributed by atoms with van der Waals surface area (Å²) >= 11 is 0. The molecule has 1 aliphatic heterocycles. The van der Waals surface area contributed by atoms with Crippen LogP contribution in [0.1, 0.15) is 15.9 Å². The summed E-state index contributed by atoms with van der Waals surface area (Å²) in [7, 11) is 3.30. The molecule has 0 unspecified atom stereocenters. The van der Waals surface area contributed by atoms with Gasteiger partial charge in [0, 0.05) is 38.3 Å². The number of piperazine rings is 1. The molecule has 5 nitrogen and oxygen atoms in total. The van der Waals surface area contributed by atoms with Crippen LogP contribution in [0.3, 0.4) is 0 Å². The Balaban J connectivity index is 1.52. The Hall–Kier alpha value is -2.53. The van der Waals surface area contributed by atoms with Gasteiger partial charge in [0.2, 0.25) is 0 Å². The van der Waals surface area contributed by atoms with Crippen LogP contribution in [0.15, 0.2) is 48.5 Å². The fourth-order valence-electron chi connectivity index (χ4n) is 3.01. The Bertz CT molecular complexity index is 690. The number of benzene rings is 2. The van der Waals surface area contributed by atoms with Crippen molar-refractivity contribution in [2.75, 3.05) is 40.4 Å². The maximum Gasteiger partial charge on any atom is 0.253 e. The van der Waals surface area contributed by atoms with Gasteiger partial charge in [-0.25, -0.2) is 0 Å². The third-order valence-corrected chi connectivity index (χ3v) is 4.56. The van der Waals surface area contributed by atoms with E-state index in [4.69, 9.17) is 9.47 Å². The van der Waals surface area contributed by atoms with E-state index in [1.807, 2.05) is 41.3 Å². The molecule has 25 heavy (non-hydrogen) atoms. The lowest BCUT2D eigenvalue weighted by Crippen LogP contribution is -2.48. The first-order valence-corrected chi connectivity index (χ1v) is 8.48. The quantitative estimate of drug-likeness (QED) is 0.839. The van der Waals surface area contributed by atoms with Crippen molar-refractivity contribution in [3.05, 3.63) is 59.7 Å². The average Bonchev–Trinajstić information content (AvgIpc) is 2.69. The number of ether oxygens (including phenoxy) is 2. The number of carbonyl (C=O) groups is 1. The van der Waals surface area contributed by atoms with Gasteiger partial charge in [-0.1, -0.05) is 12.1 Å². The zero-order valence-corrected chi connectivity index (χ0v) is 14.8. The van der Waals surface area contributed by atoms with Crippen LogP contribution < -0.4 is 9.47 Å². The van der Waals surface area contributed by atoms with E-state index in [0.717, 1.165) is 44.2 Å². The van der Waals surface area contributed by atoms with Crippen LogP contribution in [0, 0.1) is 0 Å². The van der Waals surface area contributed by atoms with Gasteiger partial charge in [-0.05, 0) is 42.0 Å². The molecular formula is C20H24N2O3. The van der Waals surface area contributed by atoms with Crippen LogP contribution in [0.4, 0.5) is 0 Å².